The molecule has 1 saturated heterocycles. The lowest BCUT2D eigenvalue weighted by atomic mass is 10.0. The van der Waals surface area contributed by atoms with E-state index in [4.69, 9.17) is 10.5 Å². The second-order valence-electron chi connectivity index (χ2n) is 5.77. The van der Waals surface area contributed by atoms with Crippen LogP contribution < -0.4 is 10.5 Å². The molecule has 1 amide bonds. The van der Waals surface area contributed by atoms with Crippen molar-refractivity contribution < 1.29 is 9.53 Å². The largest absolute Gasteiger partial charge is 0.493 e. The van der Waals surface area contributed by atoms with Crippen LogP contribution in [0.4, 0.5) is 5.69 Å². The maximum absolute atomic E-state index is 12.2. The zero-order chi connectivity index (χ0) is 15.2. The number of likely N-dealkylation sites (tertiary alicyclic amines) is 1. The summed E-state index contributed by atoms with van der Waals surface area (Å²) in [5.41, 5.74) is 6.33. The van der Waals surface area contributed by atoms with E-state index in [1.54, 1.807) is 12.1 Å². The first kappa shape index (κ1) is 15.6. The number of likely N-dealkylation sites (N-methyl/N-ethyl adjacent to an activating group) is 1. The molecule has 0 bridgehead atoms. The van der Waals surface area contributed by atoms with Gasteiger partial charge in [0.2, 0.25) is 5.91 Å². The molecule has 116 valence electrons. The predicted molar refractivity (Wildman–Crippen MR) is 84.3 cm³/mol. The molecule has 2 N–H and O–H groups in total. The van der Waals surface area contributed by atoms with E-state index in [0.717, 1.165) is 25.3 Å². The Morgan fingerprint density at radius 2 is 2.10 bits per heavy atom. The first-order chi connectivity index (χ1) is 10.1. The van der Waals surface area contributed by atoms with E-state index in [1.165, 1.54) is 6.42 Å². The molecule has 1 aromatic rings. The van der Waals surface area contributed by atoms with E-state index < -0.39 is 0 Å². The lowest BCUT2D eigenvalue weighted by Gasteiger charge is -2.36. The number of carbonyl (C=O) groups excluding carboxylic acids is 1. The molecular formula is C16H25N3O2. The van der Waals surface area contributed by atoms with E-state index in [2.05, 4.69) is 19.0 Å². The Kier molecular flexibility index (Phi) is 5.44. The van der Waals surface area contributed by atoms with Gasteiger partial charge in [-0.1, -0.05) is 0 Å². The van der Waals surface area contributed by atoms with Gasteiger partial charge in [0, 0.05) is 24.8 Å². The third-order valence-corrected chi connectivity index (χ3v) is 3.94. The molecule has 0 spiro atoms. The number of hydrogen-bond acceptors (Lipinski definition) is 4. The number of amides is 1. The van der Waals surface area contributed by atoms with Crippen LogP contribution in [0.5, 0.6) is 5.75 Å². The Morgan fingerprint density at radius 3 is 2.76 bits per heavy atom. The van der Waals surface area contributed by atoms with Gasteiger partial charge in [0.1, 0.15) is 5.75 Å². The van der Waals surface area contributed by atoms with Crippen molar-refractivity contribution >= 4 is 11.6 Å². The Labute approximate surface area is 126 Å². The molecule has 1 heterocycles. The van der Waals surface area contributed by atoms with Crippen LogP contribution >= 0.6 is 0 Å². The minimum absolute atomic E-state index is 0.178. The maximum Gasteiger partial charge on any atom is 0.226 e. The first-order valence-electron chi connectivity index (χ1n) is 7.49. The number of anilines is 1. The van der Waals surface area contributed by atoms with Crippen molar-refractivity contribution in [1.29, 1.82) is 0 Å². The van der Waals surface area contributed by atoms with Crippen molar-refractivity contribution in [2.75, 3.05) is 39.5 Å². The second-order valence-corrected chi connectivity index (χ2v) is 5.77. The predicted octanol–water partition coefficient (Wildman–Crippen LogP) is 1.59. The zero-order valence-corrected chi connectivity index (χ0v) is 12.9. The molecule has 1 aliphatic heterocycles. The average Bonchev–Trinajstić information content (AvgIpc) is 2.49. The molecule has 0 aliphatic carbocycles. The standard InChI is InChI=1S/C16H25N3O2/c1-18(2)14-4-3-10-19(12-14)16(20)9-11-21-15-7-5-13(17)6-8-15/h5-8,14H,3-4,9-12,17H2,1-2H3. The fourth-order valence-corrected chi connectivity index (χ4v) is 2.58. The van der Waals surface area contributed by atoms with Crippen LogP contribution in [-0.4, -0.2) is 55.5 Å². The van der Waals surface area contributed by atoms with Gasteiger partial charge in [0.25, 0.3) is 0 Å². The summed E-state index contributed by atoms with van der Waals surface area (Å²) >= 11 is 0. The average molecular weight is 291 g/mol. The molecule has 0 radical (unpaired) electrons. The van der Waals surface area contributed by atoms with Crippen LogP contribution in [-0.2, 0) is 4.79 Å². The second kappa shape index (κ2) is 7.31. The van der Waals surface area contributed by atoms with Crippen molar-refractivity contribution in [1.82, 2.24) is 9.80 Å². The van der Waals surface area contributed by atoms with E-state index in [-0.39, 0.29) is 5.91 Å². The van der Waals surface area contributed by atoms with Gasteiger partial charge in [-0.3, -0.25) is 4.79 Å². The number of nitrogens with zero attached hydrogens (tertiary/aromatic N) is 2. The van der Waals surface area contributed by atoms with Crippen molar-refractivity contribution in [2.24, 2.45) is 0 Å². The highest BCUT2D eigenvalue weighted by Gasteiger charge is 2.24. The van der Waals surface area contributed by atoms with E-state index in [9.17, 15) is 4.79 Å². The van der Waals surface area contributed by atoms with Gasteiger partial charge in [-0.15, -0.1) is 0 Å². The third kappa shape index (κ3) is 4.63. The fourth-order valence-electron chi connectivity index (χ4n) is 2.58. The molecule has 2 rings (SSSR count). The number of benzene rings is 1. The number of nitrogen functional groups attached to an aromatic ring is 1. The van der Waals surface area contributed by atoms with Gasteiger partial charge in [0.15, 0.2) is 0 Å². The van der Waals surface area contributed by atoms with Crippen LogP contribution in [0.1, 0.15) is 19.3 Å². The van der Waals surface area contributed by atoms with Gasteiger partial charge in [-0.05, 0) is 51.2 Å². The van der Waals surface area contributed by atoms with Crippen LogP contribution in [0.2, 0.25) is 0 Å². The van der Waals surface area contributed by atoms with Crippen LogP contribution in [0.15, 0.2) is 24.3 Å². The van der Waals surface area contributed by atoms with Crippen molar-refractivity contribution in [2.45, 2.75) is 25.3 Å². The number of nitrogens with two attached hydrogens (primary N) is 1. The summed E-state index contributed by atoms with van der Waals surface area (Å²) in [4.78, 5) is 16.4. The van der Waals surface area contributed by atoms with Gasteiger partial charge in [-0.2, -0.15) is 0 Å². The van der Waals surface area contributed by atoms with Gasteiger partial charge < -0.3 is 20.3 Å². The Bertz CT molecular complexity index is 459. The van der Waals surface area contributed by atoms with Gasteiger partial charge in [0.05, 0.1) is 13.0 Å². The smallest absolute Gasteiger partial charge is 0.226 e. The van der Waals surface area contributed by atoms with E-state index in [0.29, 0.717) is 24.8 Å². The number of hydrogen-bond donors (Lipinski definition) is 1. The molecule has 0 saturated carbocycles. The molecule has 1 fully saturated rings. The summed E-state index contributed by atoms with van der Waals surface area (Å²) < 4.78 is 5.58. The molecule has 1 aromatic carbocycles. The third-order valence-electron chi connectivity index (χ3n) is 3.94. The maximum atomic E-state index is 12.2. The summed E-state index contributed by atoms with van der Waals surface area (Å²) in [5, 5.41) is 0. The summed E-state index contributed by atoms with van der Waals surface area (Å²) in [6, 6.07) is 7.71. The van der Waals surface area contributed by atoms with Crippen molar-refractivity contribution in [3.63, 3.8) is 0 Å². The number of carbonyl (C=O) groups is 1. The van der Waals surface area contributed by atoms with Gasteiger partial charge in [-0.25, -0.2) is 0 Å². The summed E-state index contributed by atoms with van der Waals surface area (Å²) in [6.07, 6.45) is 2.66. The molecule has 1 atom stereocenters. The Balaban J connectivity index is 1.75. The minimum Gasteiger partial charge on any atom is -0.493 e. The topological polar surface area (TPSA) is 58.8 Å². The molecule has 0 aromatic heterocycles. The molecule has 21 heavy (non-hydrogen) atoms. The highest BCUT2D eigenvalue weighted by atomic mass is 16.5. The van der Waals surface area contributed by atoms with Crippen LogP contribution in [0, 0.1) is 0 Å². The SMILES string of the molecule is CN(C)C1CCCN(C(=O)CCOc2ccc(N)cc2)C1. The van der Waals surface area contributed by atoms with Crippen LogP contribution in [0.25, 0.3) is 0 Å². The molecule has 1 aliphatic rings. The molecule has 5 nitrogen and oxygen atoms in total. The first-order valence-corrected chi connectivity index (χ1v) is 7.49. The van der Waals surface area contributed by atoms with Gasteiger partial charge >= 0.3 is 0 Å². The molecule has 5 heteroatoms. The lowest BCUT2D eigenvalue weighted by molar-refractivity contribution is -0.133. The number of rotatable bonds is 5. The van der Waals surface area contributed by atoms with E-state index in [1.807, 2.05) is 17.0 Å². The Morgan fingerprint density at radius 1 is 1.38 bits per heavy atom. The van der Waals surface area contributed by atoms with Crippen molar-refractivity contribution in [3.8, 4) is 5.75 Å². The van der Waals surface area contributed by atoms with Crippen molar-refractivity contribution in [3.05, 3.63) is 24.3 Å². The highest BCUT2D eigenvalue weighted by molar-refractivity contribution is 5.76. The quantitative estimate of drug-likeness (QED) is 0.837. The summed E-state index contributed by atoms with van der Waals surface area (Å²) in [6.45, 7) is 2.10. The monoisotopic (exact) mass is 291 g/mol. The minimum atomic E-state index is 0.178. The highest BCUT2D eigenvalue weighted by Crippen LogP contribution is 2.16. The lowest BCUT2D eigenvalue weighted by Crippen LogP contribution is -2.47. The molecule has 1 unspecified atom stereocenters. The fraction of sp³-hybridized carbons (Fsp3) is 0.562. The molecular weight excluding hydrogens is 266 g/mol. The van der Waals surface area contributed by atoms with E-state index >= 15 is 0 Å². The normalized spacial score (nSPS) is 18.8. The number of piperidine rings is 1. The summed E-state index contributed by atoms with van der Waals surface area (Å²) in [7, 11) is 4.14. The zero-order valence-electron chi connectivity index (χ0n) is 12.9. The van der Waals surface area contributed by atoms with Crippen LogP contribution in [0.3, 0.4) is 0 Å². The Hall–Kier alpha value is -1.75. The summed E-state index contributed by atoms with van der Waals surface area (Å²) in [5.74, 6) is 0.929. The number of ether oxygens (including phenoxy) is 1.